The maximum atomic E-state index is 12.0. The first kappa shape index (κ1) is 13.6. The summed E-state index contributed by atoms with van der Waals surface area (Å²) < 4.78 is 7.58. The van der Waals surface area contributed by atoms with Gasteiger partial charge >= 0.3 is 0 Å². The Bertz CT molecular complexity index is 446. The van der Waals surface area contributed by atoms with Crippen molar-refractivity contribution in [1.29, 1.82) is 0 Å². The molecule has 5 nitrogen and oxygen atoms in total. The van der Waals surface area contributed by atoms with Crippen molar-refractivity contribution in [1.82, 2.24) is 9.78 Å². The smallest absolute Gasteiger partial charge is 0.227 e. The Hall–Kier alpha value is -1.36. The number of rotatable bonds is 4. The first-order valence-corrected chi connectivity index (χ1v) is 7.76. The van der Waals surface area contributed by atoms with E-state index >= 15 is 0 Å². The number of carbonyl (C=O) groups is 1. The summed E-state index contributed by atoms with van der Waals surface area (Å²) in [5.41, 5.74) is 0.803. The second kappa shape index (κ2) is 6.39. The van der Waals surface area contributed by atoms with E-state index < -0.39 is 0 Å². The summed E-state index contributed by atoms with van der Waals surface area (Å²) in [7, 11) is 0. The van der Waals surface area contributed by atoms with E-state index in [-0.39, 0.29) is 17.9 Å². The van der Waals surface area contributed by atoms with Crippen LogP contribution in [0.3, 0.4) is 0 Å². The topological polar surface area (TPSA) is 56.2 Å². The molecule has 0 bridgehead atoms. The van der Waals surface area contributed by atoms with Crippen LogP contribution in [0.15, 0.2) is 12.4 Å². The molecule has 1 amide bonds. The summed E-state index contributed by atoms with van der Waals surface area (Å²) in [6.45, 7) is 1.64. The second-order valence-electron chi connectivity index (χ2n) is 5.91. The fourth-order valence-electron chi connectivity index (χ4n) is 3.12. The molecule has 1 aromatic heterocycles. The Balaban J connectivity index is 1.52. The molecule has 0 spiro atoms. The summed E-state index contributed by atoms with van der Waals surface area (Å²) in [5, 5.41) is 7.29. The molecule has 1 aromatic rings. The van der Waals surface area contributed by atoms with Crippen LogP contribution >= 0.6 is 0 Å². The molecule has 1 aliphatic heterocycles. The molecule has 20 heavy (non-hydrogen) atoms. The van der Waals surface area contributed by atoms with Crippen LogP contribution in [0.2, 0.25) is 0 Å². The summed E-state index contributed by atoms with van der Waals surface area (Å²) in [6, 6.07) is 0. The van der Waals surface area contributed by atoms with Crippen LogP contribution in [0, 0.1) is 5.92 Å². The van der Waals surface area contributed by atoms with Gasteiger partial charge in [-0.1, -0.05) is 12.8 Å². The van der Waals surface area contributed by atoms with Gasteiger partial charge in [0, 0.05) is 18.7 Å². The molecule has 2 fully saturated rings. The van der Waals surface area contributed by atoms with E-state index in [1.165, 1.54) is 19.3 Å². The Morgan fingerprint density at radius 2 is 2.10 bits per heavy atom. The van der Waals surface area contributed by atoms with Crippen molar-refractivity contribution in [2.75, 3.05) is 11.9 Å². The molecule has 1 N–H and O–H groups in total. The molecule has 0 aromatic carbocycles. The fraction of sp³-hybridized carbons (Fsp3) is 0.733. The normalized spacial score (nSPS) is 23.9. The highest BCUT2D eigenvalue weighted by Gasteiger charge is 2.23. The summed E-state index contributed by atoms with van der Waals surface area (Å²) in [4.78, 5) is 12.0. The first-order valence-electron chi connectivity index (χ1n) is 7.76. The zero-order valence-electron chi connectivity index (χ0n) is 11.9. The zero-order valence-corrected chi connectivity index (χ0v) is 11.9. The predicted molar refractivity (Wildman–Crippen MR) is 76.4 cm³/mol. The minimum atomic E-state index is 0.149. The molecule has 2 heterocycles. The molecule has 3 rings (SSSR count). The van der Waals surface area contributed by atoms with E-state index in [1.54, 1.807) is 6.20 Å². The first-order chi connectivity index (χ1) is 9.81. The van der Waals surface area contributed by atoms with E-state index in [0.29, 0.717) is 0 Å². The molecule has 110 valence electrons. The molecule has 1 saturated carbocycles. The highest BCUT2D eigenvalue weighted by atomic mass is 16.5. The number of aromatic nitrogens is 2. The van der Waals surface area contributed by atoms with Gasteiger partial charge in [-0.2, -0.15) is 5.10 Å². The average Bonchev–Trinajstić information content (AvgIpc) is 3.11. The number of nitrogens with one attached hydrogen (secondary N) is 1. The Morgan fingerprint density at radius 3 is 2.85 bits per heavy atom. The van der Waals surface area contributed by atoms with E-state index in [4.69, 9.17) is 4.74 Å². The van der Waals surface area contributed by atoms with Crippen molar-refractivity contribution in [2.45, 2.75) is 57.6 Å². The Kier molecular flexibility index (Phi) is 4.35. The van der Waals surface area contributed by atoms with Crippen molar-refractivity contribution in [2.24, 2.45) is 5.92 Å². The molecule has 0 radical (unpaired) electrons. The van der Waals surface area contributed by atoms with Gasteiger partial charge in [0.15, 0.2) is 0 Å². The number of anilines is 1. The SMILES string of the molecule is O=C(Nc1cnn(CC2CCCCO2)c1)C1CCCC1. The van der Waals surface area contributed by atoms with Gasteiger partial charge < -0.3 is 10.1 Å². The Morgan fingerprint density at radius 1 is 1.30 bits per heavy atom. The van der Waals surface area contributed by atoms with E-state index in [1.807, 2.05) is 10.9 Å². The van der Waals surface area contributed by atoms with E-state index in [0.717, 1.165) is 44.5 Å². The number of hydrogen-bond acceptors (Lipinski definition) is 3. The van der Waals surface area contributed by atoms with Crippen LogP contribution < -0.4 is 5.32 Å². The van der Waals surface area contributed by atoms with E-state index in [9.17, 15) is 4.79 Å². The lowest BCUT2D eigenvalue weighted by atomic mass is 10.1. The summed E-state index contributed by atoms with van der Waals surface area (Å²) >= 11 is 0. The third-order valence-corrected chi connectivity index (χ3v) is 4.29. The number of carbonyl (C=O) groups excluding carboxylic acids is 1. The monoisotopic (exact) mass is 277 g/mol. The zero-order chi connectivity index (χ0) is 13.8. The van der Waals surface area contributed by atoms with Crippen LogP contribution in [0.5, 0.6) is 0 Å². The third kappa shape index (κ3) is 3.39. The third-order valence-electron chi connectivity index (χ3n) is 4.29. The minimum Gasteiger partial charge on any atom is -0.376 e. The lowest BCUT2D eigenvalue weighted by Crippen LogP contribution is -2.24. The van der Waals surface area contributed by atoms with Gasteiger partial charge in [-0.25, -0.2) is 0 Å². The number of amides is 1. The predicted octanol–water partition coefficient (Wildman–Crippen LogP) is 2.58. The lowest BCUT2D eigenvalue weighted by Gasteiger charge is -2.22. The highest BCUT2D eigenvalue weighted by molar-refractivity contribution is 5.92. The quantitative estimate of drug-likeness (QED) is 0.920. The van der Waals surface area contributed by atoms with Crippen molar-refractivity contribution < 1.29 is 9.53 Å². The van der Waals surface area contributed by atoms with Crippen LogP contribution in [0.4, 0.5) is 5.69 Å². The summed E-state index contributed by atoms with van der Waals surface area (Å²) in [5.74, 6) is 0.344. The molecule has 5 heteroatoms. The molecule has 1 aliphatic carbocycles. The molecular formula is C15H23N3O2. The minimum absolute atomic E-state index is 0.149. The van der Waals surface area contributed by atoms with Crippen molar-refractivity contribution in [3.63, 3.8) is 0 Å². The number of ether oxygens (including phenoxy) is 1. The van der Waals surface area contributed by atoms with Gasteiger partial charge in [0.25, 0.3) is 0 Å². The van der Waals surface area contributed by atoms with E-state index in [2.05, 4.69) is 10.4 Å². The van der Waals surface area contributed by atoms with Gasteiger partial charge in [0.05, 0.1) is 24.5 Å². The molecule has 2 aliphatic rings. The lowest BCUT2D eigenvalue weighted by molar-refractivity contribution is -0.119. The van der Waals surface area contributed by atoms with Crippen LogP contribution in [0.1, 0.15) is 44.9 Å². The van der Waals surface area contributed by atoms with Crippen molar-refractivity contribution >= 4 is 11.6 Å². The van der Waals surface area contributed by atoms with Crippen LogP contribution in [0.25, 0.3) is 0 Å². The number of nitrogens with zero attached hydrogens (tertiary/aromatic N) is 2. The molecule has 1 unspecified atom stereocenters. The largest absolute Gasteiger partial charge is 0.376 e. The van der Waals surface area contributed by atoms with Gasteiger partial charge in [0.2, 0.25) is 5.91 Å². The second-order valence-corrected chi connectivity index (χ2v) is 5.91. The maximum absolute atomic E-state index is 12.0. The Labute approximate surface area is 119 Å². The standard InChI is InChI=1S/C15H23N3O2/c19-15(12-5-1-2-6-12)17-13-9-16-18(10-13)11-14-7-3-4-8-20-14/h9-10,12,14H,1-8,11H2,(H,17,19). The summed E-state index contributed by atoms with van der Waals surface area (Å²) in [6.07, 6.45) is 11.8. The number of hydrogen-bond donors (Lipinski definition) is 1. The molecular weight excluding hydrogens is 254 g/mol. The van der Waals surface area contributed by atoms with Gasteiger partial charge in [-0.05, 0) is 32.1 Å². The maximum Gasteiger partial charge on any atom is 0.227 e. The van der Waals surface area contributed by atoms with Crippen LogP contribution in [-0.2, 0) is 16.1 Å². The molecule has 1 atom stereocenters. The van der Waals surface area contributed by atoms with Gasteiger partial charge in [-0.15, -0.1) is 0 Å². The highest BCUT2D eigenvalue weighted by Crippen LogP contribution is 2.26. The average molecular weight is 277 g/mol. The van der Waals surface area contributed by atoms with Gasteiger partial charge in [0.1, 0.15) is 0 Å². The fourth-order valence-corrected chi connectivity index (χ4v) is 3.12. The van der Waals surface area contributed by atoms with Gasteiger partial charge in [-0.3, -0.25) is 9.48 Å². The molecule has 1 saturated heterocycles. The van der Waals surface area contributed by atoms with Crippen LogP contribution in [-0.4, -0.2) is 28.4 Å². The van der Waals surface area contributed by atoms with Crippen molar-refractivity contribution in [3.8, 4) is 0 Å². The van der Waals surface area contributed by atoms with Crippen molar-refractivity contribution in [3.05, 3.63) is 12.4 Å².